The molecule has 0 bridgehead atoms. The van der Waals surface area contributed by atoms with Gasteiger partial charge in [-0.2, -0.15) is 0 Å². The van der Waals surface area contributed by atoms with Crippen molar-refractivity contribution < 1.29 is 18.4 Å². The van der Waals surface area contributed by atoms with Gasteiger partial charge in [0.25, 0.3) is 5.91 Å². The topological polar surface area (TPSA) is 64.7 Å². The SMILES string of the molecule is O=C(NCc1ccc(F)cc1)c1cc(NC(=O)C2CCCC2)ccc1N1CCCN(Cc2ccccc2F)CC1. The summed E-state index contributed by atoms with van der Waals surface area (Å²) in [6.07, 6.45) is 4.79. The normalized spacial score (nSPS) is 16.5. The number of benzene rings is 3. The van der Waals surface area contributed by atoms with Crippen LogP contribution < -0.4 is 15.5 Å². The zero-order valence-corrected chi connectivity index (χ0v) is 22.7. The van der Waals surface area contributed by atoms with Gasteiger partial charge >= 0.3 is 0 Å². The third-order valence-electron chi connectivity index (χ3n) is 7.88. The van der Waals surface area contributed by atoms with Crippen molar-refractivity contribution in [1.82, 2.24) is 10.2 Å². The monoisotopic (exact) mass is 546 g/mol. The van der Waals surface area contributed by atoms with Gasteiger partial charge in [-0.15, -0.1) is 0 Å². The van der Waals surface area contributed by atoms with Crippen molar-refractivity contribution in [1.29, 1.82) is 0 Å². The zero-order valence-electron chi connectivity index (χ0n) is 22.7. The van der Waals surface area contributed by atoms with Crippen molar-refractivity contribution in [2.45, 2.75) is 45.2 Å². The summed E-state index contributed by atoms with van der Waals surface area (Å²) < 4.78 is 27.6. The zero-order chi connectivity index (χ0) is 27.9. The molecule has 2 N–H and O–H groups in total. The molecule has 0 unspecified atom stereocenters. The molecule has 1 saturated heterocycles. The number of anilines is 2. The molecule has 0 radical (unpaired) electrons. The molecule has 0 atom stereocenters. The molecule has 2 fully saturated rings. The summed E-state index contributed by atoms with van der Waals surface area (Å²) in [6, 6.07) is 18.4. The van der Waals surface area contributed by atoms with Crippen molar-refractivity contribution >= 4 is 23.2 Å². The Morgan fingerprint density at radius 1 is 0.850 bits per heavy atom. The number of nitrogens with zero attached hydrogens (tertiary/aromatic N) is 2. The summed E-state index contributed by atoms with van der Waals surface area (Å²) in [5, 5.41) is 5.98. The summed E-state index contributed by atoms with van der Waals surface area (Å²) in [4.78, 5) is 30.7. The van der Waals surface area contributed by atoms with E-state index in [0.29, 0.717) is 29.9 Å². The van der Waals surface area contributed by atoms with E-state index < -0.39 is 0 Å². The van der Waals surface area contributed by atoms with Crippen LogP contribution in [0.15, 0.2) is 66.7 Å². The molecule has 1 aliphatic heterocycles. The first-order chi connectivity index (χ1) is 19.5. The molecular formula is C32H36F2N4O2. The van der Waals surface area contributed by atoms with E-state index in [-0.39, 0.29) is 35.9 Å². The van der Waals surface area contributed by atoms with E-state index in [1.54, 1.807) is 24.3 Å². The van der Waals surface area contributed by atoms with E-state index >= 15 is 0 Å². The maximum atomic E-state index is 14.2. The molecule has 3 aromatic carbocycles. The third kappa shape index (κ3) is 7.04. The Balaban J connectivity index is 1.33. The van der Waals surface area contributed by atoms with Crippen molar-refractivity contribution in [3.05, 3.63) is 95.1 Å². The molecule has 6 nitrogen and oxygen atoms in total. The van der Waals surface area contributed by atoms with Gasteiger partial charge in [-0.05, 0) is 61.2 Å². The van der Waals surface area contributed by atoms with Gasteiger partial charge in [0.1, 0.15) is 11.6 Å². The lowest BCUT2D eigenvalue weighted by Gasteiger charge is -2.26. The summed E-state index contributed by atoms with van der Waals surface area (Å²) in [7, 11) is 0. The first-order valence-electron chi connectivity index (χ1n) is 14.1. The summed E-state index contributed by atoms with van der Waals surface area (Å²) in [6.45, 7) is 3.78. The van der Waals surface area contributed by atoms with Crippen LogP contribution >= 0.6 is 0 Å². The fourth-order valence-electron chi connectivity index (χ4n) is 5.62. The third-order valence-corrected chi connectivity index (χ3v) is 7.88. The minimum atomic E-state index is -0.326. The molecule has 0 spiro atoms. The Kier molecular flexibility index (Phi) is 9.06. The van der Waals surface area contributed by atoms with Crippen LogP contribution in [-0.4, -0.2) is 42.9 Å². The van der Waals surface area contributed by atoms with Crippen LogP contribution in [0.4, 0.5) is 20.2 Å². The molecule has 3 aromatic rings. The summed E-state index contributed by atoms with van der Waals surface area (Å²) in [5.41, 5.74) is 3.35. The molecule has 1 heterocycles. The summed E-state index contributed by atoms with van der Waals surface area (Å²) >= 11 is 0. The predicted molar refractivity (Wildman–Crippen MR) is 153 cm³/mol. The molecule has 5 rings (SSSR count). The van der Waals surface area contributed by atoms with E-state index in [0.717, 1.165) is 63.0 Å². The number of amides is 2. The molecule has 1 aliphatic carbocycles. The van der Waals surface area contributed by atoms with Gasteiger partial charge in [0.15, 0.2) is 0 Å². The molecule has 1 saturated carbocycles. The highest BCUT2D eigenvalue weighted by Crippen LogP contribution is 2.29. The summed E-state index contributed by atoms with van der Waals surface area (Å²) in [5.74, 6) is -0.765. The minimum Gasteiger partial charge on any atom is -0.370 e. The Labute approximate surface area is 234 Å². The molecule has 2 aliphatic rings. The van der Waals surface area contributed by atoms with Crippen LogP contribution in [0, 0.1) is 17.6 Å². The second-order valence-electron chi connectivity index (χ2n) is 10.7. The van der Waals surface area contributed by atoms with E-state index in [1.807, 2.05) is 24.3 Å². The lowest BCUT2D eigenvalue weighted by Crippen LogP contribution is -2.33. The minimum absolute atomic E-state index is 0.00137. The van der Waals surface area contributed by atoms with Crippen molar-refractivity contribution in [3.8, 4) is 0 Å². The number of nitrogens with one attached hydrogen (secondary N) is 2. The van der Waals surface area contributed by atoms with Crippen LogP contribution in [0.2, 0.25) is 0 Å². The van der Waals surface area contributed by atoms with Gasteiger partial charge in [0.2, 0.25) is 5.91 Å². The quantitative estimate of drug-likeness (QED) is 0.379. The average molecular weight is 547 g/mol. The maximum Gasteiger partial charge on any atom is 0.253 e. The van der Waals surface area contributed by atoms with Crippen molar-refractivity contribution in [3.63, 3.8) is 0 Å². The first-order valence-corrected chi connectivity index (χ1v) is 14.1. The first kappa shape index (κ1) is 27.8. The largest absolute Gasteiger partial charge is 0.370 e. The van der Waals surface area contributed by atoms with Gasteiger partial charge in [0, 0.05) is 62.1 Å². The lowest BCUT2D eigenvalue weighted by molar-refractivity contribution is -0.119. The number of rotatable bonds is 8. The van der Waals surface area contributed by atoms with Crippen LogP contribution in [0.25, 0.3) is 0 Å². The molecule has 8 heteroatoms. The molecule has 40 heavy (non-hydrogen) atoms. The van der Waals surface area contributed by atoms with Gasteiger partial charge in [0.05, 0.1) is 5.56 Å². The van der Waals surface area contributed by atoms with Crippen LogP contribution in [0.5, 0.6) is 0 Å². The Morgan fingerprint density at radius 2 is 1.62 bits per heavy atom. The maximum absolute atomic E-state index is 14.2. The van der Waals surface area contributed by atoms with E-state index in [1.165, 1.54) is 18.2 Å². The Morgan fingerprint density at radius 3 is 2.40 bits per heavy atom. The average Bonchev–Trinajstić information content (AvgIpc) is 3.41. The van der Waals surface area contributed by atoms with Gasteiger partial charge in [-0.1, -0.05) is 43.2 Å². The Hall–Kier alpha value is -3.78. The second kappa shape index (κ2) is 13.0. The highest BCUT2D eigenvalue weighted by atomic mass is 19.1. The Bertz CT molecular complexity index is 1320. The lowest BCUT2D eigenvalue weighted by atomic mass is 10.1. The second-order valence-corrected chi connectivity index (χ2v) is 10.7. The molecule has 0 aromatic heterocycles. The van der Waals surface area contributed by atoms with Gasteiger partial charge in [-0.25, -0.2) is 8.78 Å². The standard InChI is InChI=1S/C32H36F2N4O2/c33-26-12-10-23(11-13-26)21-35-32(40)28-20-27(36-31(39)24-6-1-2-7-24)14-15-30(28)38-17-5-16-37(18-19-38)22-25-8-3-4-9-29(25)34/h3-4,8-15,20,24H,1-2,5-7,16-19,21-22H2,(H,35,40)(H,36,39). The van der Waals surface area contributed by atoms with E-state index in [9.17, 15) is 18.4 Å². The number of hydrogen-bond donors (Lipinski definition) is 2. The van der Waals surface area contributed by atoms with Crippen molar-refractivity contribution in [2.75, 3.05) is 36.4 Å². The van der Waals surface area contributed by atoms with Crippen molar-refractivity contribution in [2.24, 2.45) is 5.92 Å². The number of hydrogen-bond acceptors (Lipinski definition) is 4. The molecular weight excluding hydrogens is 510 g/mol. The number of carbonyl (C=O) groups excluding carboxylic acids is 2. The smallest absolute Gasteiger partial charge is 0.253 e. The van der Waals surface area contributed by atoms with Crippen LogP contribution in [0.1, 0.15) is 53.6 Å². The fourth-order valence-corrected chi connectivity index (χ4v) is 5.62. The molecule has 210 valence electrons. The van der Waals surface area contributed by atoms with Gasteiger partial charge < -0.3 is 15.5 Å². The predicted octanol–water partition coefficient (Wildman–Crippen LogP) is 5.74. The highest BCUT2D eigenvalue weighted by molar-refractivity contribution is 6.02. The number of halogens is 2. The van der Waals surface area contributed by atoms with E-state index in [4.69, 9.17) is 0 Å². The van der Waals surface area contributed by atoms with Gasteiger partial charge in [-0.3, -0.25) is 14.5 Å². The number of carbonyl (C=O) groups is 2. The van der Waals surface area contributed by atoms with Crippen LogP contribution in [0.3, 0.4) is 0 Å². The highest BCUT2D eigenvalue weighted by Gasteiger charge is 2.25. The fraction of sp³-hybridized carbons (Fsp3) is 0.375. The van der Waals surface area contributed by atoms with Crippen LogP contribution in [-0.2, 0) is 17.9 Å². The van der Waals surface area contributed by atoms with E-state index in [2.05, 4.69) is 20.4 Å². The molecule has 2 amide bonds.